The van der Waals surface area contributed by atoms with E-state index in [0.717, 1.165) is 19.5 Å². The molecular weight excluding hydrogens is 356 g/mol. The highest BCUT2D eigenvalue weighted by atomic mass is 16.5. The van der Waals surface area contributed by atoms with Crippen LogP contribution in [-0.2, 0) is 20.9 Å². The van der Waals surface area contributed by atoms with Gasteiger partial charge in [0.25, 0.3) is 0 Å². The summed E-state index contributed by atoms with van der Waals surface area (Å²) in [4.78, 5) is 17.6. The summed E-state index contributed by atoms with van der Waals surface area (Å²) in [7, 11) is 3.46. The van der Waals surface area contributed by atoms with E-state index in [1.54, 1.807) is 14.1 Å². The van der Waals surface area contributed by atoms with Gasteiger partial charge in [0.1, 0.15) is 6.54 Å². The Bertz CT molecular complexity index is 562. The molecule has 0 bridgehead atoms. The molecule has 7 nitrogen and oxygen atoms in total. The average Bonchev–Trinajstić information content (AvgIpc) is 2.68. The van der Waals surface area contributed by atoms with Crippen molar-refractivity contribution in [2.45, 2.75) is 26.9 Å². The molecule has 0 saturated carbocycles. The quantitative estimate of drug-likeness (QED) is 0.305. The molecule has 28 heavy (non-hydrogen) atoms. The number of nitrogens with zero attached hydrogens (tertiary/aromatic N) is 2. The number of rotatable bonds is 13. The predicted octanol–water partition coefficient (Wildman–Crippen LogP) is 1.89. The monoisotopic (exact) mass is 392 g/mol. The van der Waals surface area contributed by atoms with Crippen molar-refractivity contribution in [3.05, 3.63) is 35.9 Å². The average molecular weight is 393 g/mol. The van der Waals surface area contributed by atoms with Crippen molar-refractivity contribution in [3.63, 3.8) is 0 Å². The van der Waals surface area contributed by atoms with E-state index in [-0.39, 0.29) is 12.5 Å². The molecule has 0 aliphatic carbocycles. The van der Waals surface area contributed by atoms with E-state index in [1.807, 2.05) is 30.3 Å². The number of amides is 1. The van der Waals surface area contributed by atoms with Crippen LogP contribution in [0.1, 0.15) is 25.8 Å². The molecule has 0 aromatic heterocycles. The summed E-state index contributed by atoms with van der Waals surface area (Å²) >= 11 is 0. The summed E-state index contributed by atoms with van der Waals surface area (Å²) in [5, 5.41) is 6.51. The molecule has 0 radical (unpaired) electrons. The fourth-order valence-electron chi connectivity index (χ4n) is 2.13. The lowest BCUT2D eigenvalue weighted by Crippen LogP contribution is -2.40. The van der Waals surface area contributed by atoms with Crippen molar-refractivity contribution in [2.75, 3.05) is 53.6 Å². The van der Waals surface area contributed by atoms with E-state index >= 15 is 0 Å². The summed E-state index contributed by atoms with van der Waals surface area (Å²) in [6.45, 7) is 8.34. The number of likely N-dealkylation sites (N-methyl/N-ethyl adjacent to an activating group) is 1. The van der Waals surface area contributed by atoms with Crippen molar-refractivity contribution in [1.82, 2.24) is 15.5 Å². The van der Waals surface area contributed by atoms with E-state index in [0.29, 0.717) is 38.3 Å². The second kappa shape index (κ2) is 14.9. The summed E-state index contributed by atoms with van der Waals surface area (Å²) in [6.07, 6.45) is 0.850. The molecule has 0 fully saturated rings. The number of ether oxygens (including phenoxy) is 2. The molecule has 0 aliphatic heterocycles. The topological polar surface area (TPSA) is 75.2 Å². The number of hydrogen-bond donors (Lipinski definition) is 2. The molecule has 158 valence electrons. The lowest BCUT2D eigenvalue weighted by Gasteiger charge is -2.15. The molecule has 0 heterocycles. The summed E-state index contributed by atoms with van der Waals surface area (Å²) in [6, 6.07) is 10.1. The zero-order valence-corrected chi connectivity index (χ0v) is 17.7. The molecule has 7 heteroatoms. The zero-order chi connectivity index (χ0) is 20.6. The van der Waals surface area contributed by atoms with Crippen LogP contribution in [-0.4, -0.2) is 70.3 Å². The van der Waals surface area contributed by atoms with Gasteiger partial charge in [0.15, 0.2) is 5.96 Å². The SMILES string of the molecule is CC(C)CNC(=NCC(=O)N(C)C)NCCCOCCOCc1ccccc1. The molecule has 1 amide bonds. The Morgan fingerprint density at radius 3 is 2.46 bits per heavy atom. The number of hydrogen-bond acceptors (Lipinski definition) is 4. The minimum Gasteiger partial charge on any atom is -0.379 e. The van der Waals surface area contributed by atoms with E-state index in [9.17, 15) is 4.79 Å². The lowest BCUT2D eigenvalue weighted by molar-refractivity contribution is -0.127. The maximum atomic E-state index is 11.7. The number of benzene rings is 1. The van der Waals surface area contributed by atoms with Gasteiger partial charge in [0.05, 0.1) is 19.8 Å². The van der Waals surface area contributed by atoms with Crippen LogP contribution in [0.2, 0.25) is 0 Å². The van der Waals surface area contributed by atoms with Crippen LogP contribution in [0.25, 0.3) is 0 Å². The Kier molecular flexibility index (Phi) is 12.7. The van der Waals surface area contributed by atoms with Crippen LogP contribution in [0.3, 0.4) is 0 Å². The second-order valence-electron chi connectivity index (χ2n) is 7.16. The van der Waals surface area contributed by atoms with Gasteiger partial charge in [-0.3, -0.25) is 4.79 Å². The van der Waals surface area contributed by atoms with Crippen molar-refractivity contribution in [3.8, 4) is 0 Å². The van der Waals surface area contributed by atoms with Gasteiger partial charge in [-0.15, -0.1) is 0 Å². The maximum absolute atomic E-state index is 11.7. The van der Waals surface area contributed by atoms with Crippen LogP contribution in [0.4, 0.5) is 0 Å². The molecule has 1 aromatic rings. The number of carbonyl (C=O) groups is 1. The first kappa shape index (κ1) is 23.9. The Balaban J connectivity index is 2.13. The molecule has 1 aromatic carbocycles. The highest BCUT2D eigenvalue weighted by Crippen LogP contribution is 2.00. The number of carbonyl (C=O) groups excluding carboxylic acids is 1. The third-order valence-electron chi connectivity index (χ3n) is 3.79. The van der Waals surface area contributed by atoms with Crippen molar-refractivity contribution in [2.24, 2.45) is 10.9 Å². The lowest BCUT2D eigenvalue weighted by atomic mass is 10.2. The fourth-order valence-corrected chi connectivity index (χ4v) is 2.13. The first-order valence-corrected chi connectivity index (χ1v) is 9.90. The first-order chi connectivity index (χ1) is 13.5. The fraction of sp³-hybridized carbons (Fsp3) is 0.619. The summed E-state index contributed by atoms with van der Waals surface area (Å²) < 4.78 is 11.2. The Morgan fingerprint density at radius 1 is 1.07 bits per heavy atom. The Hall–Kier alpha value is -2.12. The molecule has 0 unspecified atom stereocenters. The van der Waals surface area contributed by atoms with Crippen LogP contribution in [0.15, 0.2) is 35.3 Å². The molecule has 1 rings (SSSR count). The molecule has 2 N–H and O–H groups in total. The van der Waals surface area contributed by atoms with E-state index in [4.69, 9.17) is 9.47 Å². The van der Waals surface area contributed by atoms with Gasteiger partial charge in [-0.05, 0) is 17.9 Å². The summed E-state index contributed by atoms with van der Waals surface area (Å²) in [5.74, 6) is 1.13. The van der Waals surface area contributed by atoms with E-state index in [1.165, 1.54) is 10.5 Å². The van der Waals surface area contributed by atoms with Crippen molar-refractivity contribution >= 4 is 11.9 Å². The third kappa shape index (κ3) is 12.3. The van der Waals surface area contributed by atoms with Crippen LogP contribution >= 0.6 is 0 Å². The third-order valence-corrected chi connectivity index (χ3v) is 3.79. The van der Waals surface area contributed by atoms with Gasteiger partial charge >= 0.3 is 0 Å². The number of nitrogens with one attached hydrogen (secondary N) is 2. The van der Waals surface area contributed by atoms with Gasteiger partial charge in [-0.2, -0.15) is 0 Å². The standard InChI is InChI=1S/C21H36N4O3/c1-18(2)15-23-21(24-16-20(26)25(3)4)22-11-8-12-27-13-14-28-17-19-9-6-5-7-10-19/h5-7,9-10,18H,8,11-17H2,1-4H3,(H2,22,23,24). The minimum atomic E-state index is -0.0236. The number of aliphatic imine (C=N–C) groups is 1. The first-order valence-electron chi connectivity index (χ1n) is 9.90. The van der Waals surface area contributed by atoms with Gasteiger partial charge in [0.2, 0.25) is 5.91 Å². The minimum absolute atomic E-state index is 0.0236. The molecule has 0 saturated heterocycles. The molecule has 0 atom stereocenters. The maximum Gasteiger partial charge on any atom is 0.243 e. The predicted molar refractivity (Wildman–Crippen MR) is 113 cm³/mol. The normalized spacial score (nSPS) is 11.5. The number of guanidine groups is 1. The Morgan fingerprint density at radius 2 is 1.79 bits per heavy atom. The molecule has 0 aliphatic rings. The summed E-state index contributed by atoms with van der Waals surface area (Å²) in [5.41, 5.74) is 1.17. The van der Waals surface area contributed by atoms with Crippen LogP contribution in [0.5, 0.6) is 0 Å². The second-order valence-corrected chi connectivity index (χ2v) is 7.16. The highest BCUT2D eigenvalue weighted by molar-refractivity contribution is 5.84. The highest BCUT2D eigenvalue weighted by Gasteiger charge is 2.05. The molecular formula is C21H36N4O3. The van der Waals surface area contributed by atoms with Crippen molar-refractivity contribution < 1.29 is 14.3 Å². The van der Waals surface area contributed by atoms with Crippen LogP contribution < -0.4 is 10.6 Å². The van der Waals surface area contributed by atoms with E-state index in [2.05, 4.69) is 29.5 Å². The van der Waals surface area contributed by atoms with Crippen molar-refractivity contribution in [1.29, 1.82) is 0 Å². The van der Waals surface area contributed by atoms with Gasteiger partial charge in [-0.25, -0.2) is 4.99 Å². The Labute approximate surface area is 169 Å². The largest absolute Gasteiger partial charge is 0.379 e. The van der Waals surface area contributed by atoms with Gasteiger partial charge < -0.3 is 25.0 Å². The smallest absolute Gasteiger partial charge is 0.243 e. The zero-order valence-electron chi connectivity index (χ0n) is 17.7. The van der Waals surface area contributed by atoms with Crippen LogP contribution in [0, 0.1) is 5.92 Å². The van der Waals surface area contributed by atoms with Gasteiger partial charge in [0, 0.05) is 33.8 Å². The van der Waals surface area contributed by atoms with Gasteiger partial charge in [-0.1, -0.05) is 44.2 Å². The molecule has 0 spiro atoms. The van der Waals surface area contributed by atoms with E-state index < -0.39 is 0 Å².